The van der Waals surface area contributed by atoms with E-state index < -0.39 is 110 Å². The highest BCUT2D eigenvalue weighted by Crippen LogP contribution is 2.40. The Bertz CT molecular complexity index is 1700. The van der Waals surface area contributed by atoms with Crippen molar-refractivity contribution in [1.29, 1.82) is 0 Å². The van der Waals surface area contributed by atoms with Crippen LogP contribution in [0.4, 0.5) is 0 Å². The number of aryl methyl sites for hydroxylation is 1. The highest BCUT2D eigenvalue weighted by atomic mass is 16.7. The molecule has 15 atom stereocenters. The number of aliphatic hydroxyl groups is 6. The summed E-state index contributed by atoms with van der Waals surface area (Å²) in [6, 6.07) is -1.23. The van der Waals surface area contributed by atoms with Crippen LogP contribution in [0.2, 0.25) is 0 Å². The van der Waals surface area contributed by atoms with E-state index in [9.17, 15) is 44.7 Å². The molecule has 2 saturated carbocycles. The predicted octanol–water partition coefficient (Wildman–Crippen LogP) is -1.92. The smallest absolute Gasteiger partial charge is 0.273 e. The quantitative estimate of drug-likeness (QED) is 0.0644. The van der Waals surface area contributed by atoms with Gasteiger partial charge in [0.05, 0.1) is 31.1 Å². The lowest BCUT2D eigenvalue weighted by Crippen LogP contribution is -2.67. The van der Waals surface area contributed by atoms with Crippen LogP contribution in [0, 0.1) is 17.8 Å². The third-order valence-corrected chi connectivity index (χ3v) is 13.5. The predicted molar refractivity (Wildman–Crippen MR) is 226 cm³/mol. The number of aliphatic hydroxyl groups excluding tert-OH is 6. The van der Waals surface area contributed by atoms with E-state index in [1.54, 1.807) is 4.90 Å². The Balaban J connectivity index is 1.23. The Labute approximate surface area is 379 Å². The molecule has 3 aliphatic heterocycles. The molecule has 368 valence electrons. The second-order valence-corrected chi connectivity index (χ2v) is 18.2. The molecule has 8 unspecified atom stereocenters. The van der Waals surface area contributed by atoms with Crippen LogP contribution in [0.15, 0.2) is 6.20 Å². The Morgan fingerprint density at radius 2 is 1.63 bits per heavy atom. The number of hydrogen-bond acceptors (Lipinski definition) is 17. The maximum Gasteiger partial charge on any atom is 0.273 e. The van der Waals surface area contributed by atoms with Gasteiger partial charge in [-0.05, 0) is 50.9 Å². The van der Waals surface area contributed by atoms with Crippen molar-refractivity contribution in [3.05, 3.63) is 11.9 Å². The molecule has 3 saturated heterocycles. The van der Waals surface area contributed by atoms with Crippen LogP contribution in [0.1, 0.15) is 102 Å². The summed E-state index contributed by atoms with van der Waals surface area (Å²) in [5.41, 5.74) is 0.0791. The van der Waals surface area contributed by atoms with Crippen LogP contribution in [-0.2, 0) is 44.6 Å². The fourth-order valence-electron chi connectivity index (χ4n) is 9.66. The number of nitrogens with zero attached hydrogens (tertiary/aromatic N) is 4. The van der Waals surface area contributed by atoms with Crippen molar-refractivity contribution in [3.8, 4) is 0 Å². The van der Waals surface area contributed by atoms with Crippen molar-refractivity contribution < 1.29 is 73.5 Å². The summed E-state index contributed by atoms with van der Waals surface area (Å²) in [7, 11) is 0. The number of hydrogen-bond donors (Lipinski definition) is 9. The molecule has 4 amide bonds. The Morgan fingerprint density at radius 1 is 0.892 bits per heavy atom. The highest BCUT2D eigenvalue weighted by molar-refractivity contribution is 5.91. The summed E-state index contributed by atoms with van der Waals surface area (Å²) < 4.78 is 33.4. The number of aromatic nitrogens is 3. The summed E-state index contributed by atoms with van der Waals surface area (Å²) in [6.07, 6.45) is -6.50. The summed E-state index contributed by atoms with van der Waals surface area (Å²) in [5, 5.41) is 79.6. The second-order valence-electron chi connectivity index (χ2n) is 18.2. The fraction of sp³-hybridized carbons (Fsp3) is 0.860. The summed E-state index contributed by atoms with van der Waals surface area (Å²) >= 11 is 0. The number of carbonyl (C=O) groups is 4. The molecule has 0 bridgehead atoms. The minimum atomic E-state index is -1.66. The van der Waals surface area contributed by atoms with Crippen molar-refractivity contribution >= 4 is 23.6 Å². The van der Waals surface area contributed by atoms with Crippen molar-refractivity contribution in [2.45, 2.75) is 178 Å². The molecule has 22 heteroatoms. The minimum Gasteiger partial charge on any atom is -0.396 e. The lowest BCUT2D eigenvalue weighted by atomic mass is 9.75. The summed E-state index contributed by atoms with van der Waals surface area (Å²) in [4.78, 5) is 55.2. The molecule has 6 rings (SSSR count). The molecule has 9 N–H and O–H groups in total. The van der Waals surface area contributed by atoms with E-state index in [1.165, 1.54) is 24.7 Å². The standard InChI is InChI=1S/C43H71N7O15/c1-4-26-19-27(39(58)44-12-13-45-40(59)28-21-50(48-47-28)16-9-17-51)20-29(37(26)65-43-36(57)35(56)33(54)23(2)61-43)63-42-32(46-24(3)53)38(34(55)31(22-52)64-42)62-30(41(60)49-14-8-15-49)18-25-10-6-5-7-11-25/h21,23,25-27,29-38,42-43,51-52,54-57H,4-20,22H2,1-3H3,(H,44,58)(H,45,59)(H,46,53)/t23?,26?,27-,29+,30-,31?,32?,33+,34-,35?,36?,37?,38?,42+,43-/m0/s1. The molecular formula is C43H71N7O15. The molecule has 1 aromatic rings. The number of likely N-dealkylation sites (tertiary alicyclic amines) is 1. The zero-order valence-electron chi connectivity index (χ0n) is 37.7. The minimum absolute atomic E-state index is 0.00211. The van der Waals surface area contributed by atoms with Crippen LogP contribution >= 0.6 is 0 Å². The lowest BCUT2D eigenvalue weighted by molar-refractivity contribution is -0.338. The zero-order chi connectivity index (χ0) is 46.8. The molecule has 1 aromatic heterocycles. The SMILES string of the molecule is CCC1C[C@H](C(=O)NCCNC(=O)c2cn(CCCO)nn2)C[C@@H](O[C@@H]2OC(CO)[C@H](O)C(O[C@@H](CC3CCCCC3)C(=O)N3CCC3)C2NC(C)=O)C1O[C@@H]1OC(C)[C@@H](O)C(O)C1O. The van der Waals surface area contributed by atoms with Crippen molar-refractivity contribution in [3.63, 3.8) is 0 Å². The van der Waals surface area contributed by atoms with Crippen LogP contribution in [-0.4, -0.2) is 193 Å². The van der Waals surface area contributed by atoms with E-state index in [4.69, 9.17) is 28.8 Å². The first kappa shape index (κ1) is 51.0. The normalized spacial score (nSPS) is 34.9. The van der Waals surface area contributed by atoms with Gasteiger partial charge in [0.15, 0.2) is 18.3 Å². The maximum absolute atomic E-state index is 13.9. The first-order valence-corrected chi connectivity index (χ1v) is 23.5. The Hall–Kier alpha value is -3.42. The highest BCUT2D eigenvalue weighted by Gasteiger charge is 2.53. The summed E-state index contributed by atoms with van der Waals surface area (Å²) in [6.45, 7) is 5.65. The van der Waals surface area contributed by atoms with Gasteiger partial charge in [0, 0.05) is 52.2 Å². The van der Waals surface area contributed by atoms with Gasteiger partial charge in [0.2, 0.25) is 11.8 Å². The maximum atomic E-state index is 13.9. The van der Waals surface area contributed by atoms with Gasteiger partial charge in [0.1, 0.15) is 48.8 Å². The second kappa shape index (κ2) is 24.0. The van der Waals surface area contributed by atoms with E-state index in [1.807, 2.05) is 6.92 Å². The third kappa shape index (κ3) is 13.0. The van der Waals surface area contributed by atoms with Crippen LogP contribution in [0.25, 0.3) is 0 Å². The third-order valence-electron chi connectivity index (χ3n) is 13.5. The first-order chi connectivity index (χ1) is 31.2. The van der Waals surface area contributed by atoms with Gasteiger partial charge in [-0.2, -0.15) is 0 Å². The molecule has 0 aromatic carbocycles. The number of ether oxygens (including phenoxy) is 5. The van der Waals surface area contributed by atoms with Crippen LogP contribution in [0.3, 0.4) is 0 Å². The molecule has 4 heterocycles. The van der Waals surface area contributed by atoms with E-state index in [2.05, 4.69) is 26.3 Å². The molecule has 0 radical (unpaired) electrons. The lowest BCUT2D eigenvalue weighted by Gasteiger charge is -2.49. The van der Waals surface area contributed by atoms with Gasteiger partial charge < -0.3 is 75.2 Å². The van der Waals surface area contributed by atoms with Gasteiger partial charge in [0.25, 0.3) is 11.8 Å². The monoisotopic (exact) mass is 926 g/mol. The fourth-order valence-corrected chi connectivity index (χ4v) is 9.66. The molecule has 65 heavy (non-hydrogen) atoms. The average Bonchev–Trinajstić information content (AvgIpc) is 3.76. The van der Waals surface area contributed by atoms with Crippen molar-refractivity contribution in [2.24, 2.45) is 17.8 Å². The van der Waals surface area contributed by atoms with E-state index in [-0.39, 0.29) is 56.0 Å². The number of rotatable bonds is 20. The summed E-state index contributed by atoms with van der Waals surface area (Å²) in [5.74, 6) is -2.50. The van der Waals surface area contributed by atoms with Crippen molar-refractivity contribution in [1.82, 2.24) is 35.8 Å². The number of nitrogens with one attached hydrogen (secondary N) is 3. The average molecular weight is 926 g/mol. The van der Waals surface area contributed by atoms with Gasteiger partial charge in [-0.1, -0.05) is 50.7 Å². The largest absolute Gasteiger partial charge is 0.396 e. The van der Waals surface area contributed by atoms with E-state index in [0.717, 1.165) is 38.5 Å². The molecular weight excluding hydrogens is 855 g/mol. The topological polar surface area (TPSA) is 306 Å². The number of amides is 4. The Kier molecular flexibility index (Phi) is 18.9. The Morgan fingerprint density at radius 3 is 2.29 bits per heavy atom. The van der Waals surface area contributed by atoms with Gasteiger partial charge in [-0.25, -0.2) is 0 Å². The van der Waals surface area contributed by atoms with E-state index in [0.29, 0.717) is 38.9 Å². The first-order valence-electron chi connectivity index (χ1n) is 23.5. The van der Waals surface area contributed by atoms with E-state index >= 15 is 0 Å². The van der Waals surface area contributed by atoms with Gasteiger partial charge >= 0.3 is 0 Å². The van der Waals surface area contributed by atoms with Crippen LogP contribution < -0.4 is 16.0 Å². The number of carbonyl (C=O) groups excluding carboxylic acids is 4. The molecule has 0 spiro atoms. The molecule has 2 aliphatic carbocycles. The molecule has 5 aliphatic rings. The zero-order valence-corrected chi connectivity index (χ0v) is 37.7. The molecule has 22 nitrogen and oxygen atoms in total. The van der Waals surface area contributed by atoms with Crippen molar-refractivity contribution in [2.75, 3.05) is 39.4 Å². The van der Waals surface area contributed by atoms with Gasteiger partial charge in [-0.15, -0.1) is 5.10 Å². The van der Waals surface area contributed by atoms with Gasteiger partial charge in [-0.3, -0.25) is 23.9 Å². The molecule has 5 fully saturated rings. The van der Waals surface area contributed by atoms with Crippen LogP contribution in [0.5, 0.6) is 0 Å².